The minimum absolute atomic E-state index is 0.513. The molecule has 1 N–H and O–H groups in total. The molecule has 0 amide bonds. The molecule has 2 heterocycles. The Morgan fingerprint density at radius 2 is 2.28 bits per heavy atom. The number of aliphatic hydroxyl groups excluding tert-OH is 1. The molecular weight excluding hydrogens is 244 g/mol. The lowest BCUT2D eigenvalue weighted by atomic mass is 9.98. The van der Waals surface area contributed by atoms with E-state index < -0.39 is 6.10 Å². The normalized spacial score (nSPS) is 16.6. The largest absolute Gasteiger partial charge is 0.383 e. The number of rotatable bonds is 3. The maximum atomic E-state index is 10.4. The summed E-state index contributed by atoms with van der Waals surface area (Å²) in [6.07, 6.45) is 8.12. The van der Waals surface area contributed by atoms with Crippen molar-refractivity contribution in [3.63, 3.8) is 0 Å². The topological polar surface area (TPSA) is 38.0 Å². The number of aliphatic hydroxyl groups is 1. The molecular formula is C14H18N2OS. The number of fused-ring (bicyclic) bond motifs is 1. The summed E-state index contributed by atoms with van der Waals surface area (Å²) in [5.74, 6) is 0. The van der Waals surface area contributed by atoms with Crippen LogP contribution in [0.5, 0.6) is 0 Å². The van der Waals surface area contributed by atoms with Gasteiger partial charge in [0, 0.05) is 28.1 Å². The monoisotopic (exact) mass is 262 g/mol. The van der Waals surface area contributed by atoms with Crippen molar-refractivity contribution in [2.24, 2.45) is 0 Å². The molecule has 3 rings (SSSR count). The van der Waals surface area contributed by atoms with E-state index in [9.17, 15) is 5.11 Å². The van der Waals surface area contributed by atoms with Crippen LogP contribution >= 0.6 is 11.3 Å². The van der Waals surface area contributed by atoms with E-state index in [-0.39, 0.29) is 0 Å². The highest BCUT2D eigenvalue weighted by molar-refractivity contribution is 7.12. The molecule has 4 heteroatoms. The van der Waals surface area contributed by atoms with Crippen LogP contribution in [0.3, 0.4) is 0 Å². The molecule has 0 fully saturated rings. The summed E-state index contributed by atoms with van der Waals surface area (Å²) >= 11 is 1.77. The summed E-state index contributed by atoms with van der Waals surface area (Å²) in [5, 5.41) is 14.6. The Labute approximate surface area is 111 Å². The highest BCUT2D eigenvalue weighted by atomic mass is 32.1. The average Bonchev–Trinajstić information content (AvgIpc) is 3.04. The van der Waals surface area contributed by atoms with Gasteiger partial charge in [-0.1, -0.05) is 0 Å². The smallest absolute Gasteiger partial charge is 0.116 e. The van der Waals surface area contributed by atoms with Gasteiger partial charge in [0.15, 0.2) is 0 Å². The van der Waals surface area contributed by atoms with E-state index in [1.807, 2.05) is 17.8 Å². The molecule has 0 saturated carbocycles. The molecule has 0 saturated heterocycles. The fourth-order valence-electron chi connectivity index (χ4n) is 2.51. The van der Waals surface area contributed by atoms with Crippen LogP contribution in [0.2, 0.25) is 0 Å². The zero-order chi connectivity index (χ0) is 12.5. The fourth-order valence-corrected chi connectivity index (χ4v) is 3.78. The predicted molar refractivity (Wildman–Crippen MR) is 72.9 cm³/mol. The maximum Gasteiger partial charge on any atom is 0.116 e. The number of hydrogen-bond donors (Lipinski definition) is 1. The highest BCUT2D eigenvalue weighted by Crippen LogP contribution is 2.35. The van der Waals surface area contributed by atoms with Crippen molar-refractivity contribution in [3.8, 4) is 0 Å². The van der Waals surface area contributed by atoms with Crippen molar-refractivity contribution < 1.29 is 5.11 Å². The van der Waals surface area contributed by atoms with Gasteiger partial charge in [0.2, 0.25) is 0 Å². The van der Waals surface area contributed by atoms with E-state index in [0.29, 0.717) is 0 Å². The van der Waals surface area contributed by atoms with Crippen molar-refractivity contribution in [1.82, 2.24) is 9.78 Å². The van der Waals surface area contributed by atoms with E-state index in [4.69, 9.17) is 0 Å². The Kier molecular flexibility index (Phi) is 3.22. The standard InChI is InChI=1S/C14H18N2OS/c1-2-16-9-11(8-15-16)14(17)13-7-10-5-3-4-6-12(10)18-13/h7-9,14,17H,2-6H2,1H3. The summed E-state index contributed by atoms with van der Waals surface area (Å²) in [5.41, 5.74) is 2.35. The molecule has 96 valence electrons. The van der Waals surface area contributed by atoms with E-state index in [0.717, 1.165) is 17.0 Å². The zero-order valence-electron chi connectivity index (χ0n) is 10.6. The van der Waals surface area contributed by atoms with Gasteiger partial charge in [0.25, 0.3) is 0 Å². The Balaban J connectivity index is 1.87. The number of thiophene rings is 1. The van der Waals surface area contributed by atoms with Crippen LogP contribution < -0.4 is 0 Å². The number of nitrogens with zero attached hydrogens (tertiary/aromatic N) is 2. The Morgan fingerprint density at radius 3 is 3.00 bits per heavy atom. The summed E-state index contributed by atoms with van der Waals surface area (Å²) < 4.78 is 1.85. The lowest BCUT2D eigenvalue weighted by molar-refractivity contribution is 0.224. The molecule has 2 aromatic heterocycles. The zero-order valence-corrected chi connectivity index (χ0v) is 11.4. The molecule has 0 bridgehead atoms. The Hall–Kier alpha value is -1.13. The van der Waals surface area contributed by atoms with Crippen molar-refractivity contribution in [2.75, 3.05) is 0 Å². The minimum atomic E-state index is -0.513. The minimum Gasteiger partial charge on any atom is -0.383 e. The molecule has 18 heavy (non-hydrogen) atoms. The number of aromatic nitrogens is 2. The van der Waals surface area contributed by atoms with Crippen LogP contribution in [-0.2, 0) is 19.4 Å². The van der Waals surface area contributed by atoms with E-state index in [1.165, 1.54) is 36.1 Å². The summed E-state index contributed by atoms with van der Waals surface area (Å²) in [7, 11) is 0. The molecule has 3 nitrogen and oxygen atoms in total. The molecule has 1 aliphatic carbocycles. The van der Waals surface area contributed by atoms with Gasteiger partial charge >= 0.3 is 0 Å². The summed E-state index contributed by atoms with van der Waals surface area (Å²) in [4.78, 5) is 2.54. The SMILES string of the molecule is CCn1cc(C(O)c2cc3c(s2)CCCC3)cn1. The third kappa shape index (κ3) is 2.10. The molecule has 1 atom stereocenters. The molecule has 1 unspecified atom stereocenters. The molecule has 0 spiro atoms. The second-order valence-electron chi connectivity index (χ2n) is 4.84. The van der Waals surface area contributed by atoms with Crippen molar-refractivity contribution in [1.29, 1.82) is 0 Å². The van der Waals surface area contributed by atoms with E-state index in [1.54, 1.807) is 17.5 Å². The molecule has 0 aromatic carbocycles. The second-order valence-corrected chi connectivity index (χ2v) is 6.00. The van der Waals surface area contributed by atoms with Crippen LogP contribution in [0, 0.1) is 0 Å². The van der Waals surface area contributed by atoms with Crippen LogP contribution in [-0.4, -0.2) is 14.9 Å². The highest BCUT2D eigenvalue weighted by Gasteiger charge is 2.19. The third-order valence-corrected chi connectivity index (χ3v) is 4.87. The quantitative estimate of drug-likeness (QED) is 0.923. The average molecular weight is 262 g/mol. The first-order chi connectivity index (χ1) is 8.78. The lowest BCUT2D eigenvalue weighted by Crippen LogP contribution is -1.97. The van der Waals surface area contributed by atoms with Crippen LogP contribution in [0.4, 0.5) is 0 Å². The second kappa shape index (κ2) is 4.86. The van der Waals surface area contributed by atoms with Gasteiger partial charge in [0.05, 0.1) is 6.20 Å². The van der Waals surface area contributed by atoms with Gasteiger partial charge < -0.3 is 5.11 Å². The fraction of sp³-hybridized carbons (Fsp3) is 0.500. The Morgan fingerprint density at radius 1 is 1.44 bits per heavy atom. The molecule has 0 radical (unpaired) electrons. The van der Waals surface area contributed by atoms with Crippen molar-refractivity contribution in [2.45, 2.75) is 45.3 Å². The predicted octanol–water partition coefficient (Wildman–Crippen LogP) is 2.93. The third-order valence-electron chi connectivity index (χ3n) is 3.58. The molecule has 2 aromatic rings. The van der Waals surface area contributed by atoms with Gasteiger partial charge in [-0.3, -0.25) is 4.68 Å². The molecule has 0 aliphatic heterocycles. The summed E-state index contributed by atoms with van der Waals surface area (Å²) in [6.45, 7) is 2.89. The van der Waals surface area contributed by atoms with Gasteiger partial charge in [-0.15, -0.1) is 11.3 Å². The summed E-state index contributed by atoms with van der Waals surface area (Å²) in [6, 6.07) is 2.19. The Bertz CT molecular complexity index is 520. The lowest BCUT2D eigenvalue weighted by Gasteiger charge is -2.08. The van der Waals surface area contributed by atoms with Crippen LogP contribution in [0.1, 0.15) is 46.8 Å². The van der Waals surface area contributed by atoms with E-state index >= 15 is 0 Å². The maximum absolute atomic E-state index is 10.4. The van der Waals surface area contributed by atoms with Crippen molar-refractivity contribution in [3.05, 3.63) is 39.3 Å². The van der Waals surface area contributed by atoms with Crippen LogP contribution in [0.15, 0.2) is 18.5 Å². The first kappa shape index (κ1) is 11.9. The van der Waals surface area contributed by atoms with E-state index in [2.05, 4.69) is 11.2 Å². The first-order valence-electron chi connectivity index (χ1n) is 6.60. The van der Waals surface area contributed by atoms with Gasteiger partial charge in [-0.05, 0) is 44.2 Å². The van der Waals surface area contributed by atoms with Gasteiger partial charge in [-0.2, -0.15) is 5.10 Å². The van der Waals surface area contributed by atoms with Crippen molar-refractivity contribution >= 4 is 11.3 Å². The van der Waals surface area contributed by atoms with Gasteiger partial charge in [-0.25, -0.2) is 0 Å². The first-order valence-corrected chi connectivity index (χ1v) is 7.41. The molecule has 1 aliphatic rings. The number of aryl methyl sites for hydroxylation is 3. The van der Waals surface area contributed by atoms with Gasteiger partial charge in [0.1, 0.15) is 6.10 Å². The van der Waals surface area contributed by atoms with Crippen LogP contribution in [0.25, 0.3) is 0 Å². The number of hydrogen-bond acceptors (Lipinski definition) is 3.